The number of hydrogen-bond donors (Lipinski definition) is 1. The maximum Gasteiger partial charge on any atom is 0.325 e. The Hall–Kier alpha value is -3.68. The summed E-state index contributed by atoms with van der Waals surface area (Å²) in [6, 6.07) is 14.6. The standard InChI is InChI=1S/C25H26N4O4/c1-16-7-9-18(10-8-16)25(2)23(31)29(24(32)27-25)15-21(30)28-13-11-17(12-14-28)22-26-19-5-3-4-6-20(19)33-22/h3-10,17H,11-15H2,1-2H3,(H,27,32). The Labute approximate surface area is 191 Å². The van der Waals surface area contributed by atoms with Crippen LogP contribution in [0, 0.1) is 6.92 Å². The normalized spacial score (nSPS) is 21.6. The van der Waals surface area contributed by atoms with Gasteiger partial charge in [-0.2, -0.15) is 0 Å². The molecule has 170 valence electrons. The van der Waals surface area contributed by atoms with Crippen molar-refractivity contribution in [3.8, 4) is 0 Å². The van der Waals surface area contributed by atoms with Crippen molar-refractivity contribution in [3.05, 3.63) is 65.5 Å². The van der Waals surface area contributed by atoms with Crippen molar-refractivity contribution < 1.29 is 18.8 Å². The maximum absolute atomic E-state index is 13.1. The number of oxazole rings is 1. The zero-order chi connectivity index (χ0) is 23.2. The molecule has 0 radical (unpaired) electrons. The summed E-state index contributed by atoms with van der Waals surface area (Å²) in [5.74, 6) is 0.197. The molecular formula is C25H26N4O4. The van der Waals surface area contributed by atoms with E-state index in [0.29, 0.717) is 24.5 Å². The number of fused-ring (bicyclic) bond motifs is 1. The number of aromatic nitrogens is 1. The number of aryl methyl sites for hydroxylation is 1. The summed E-state index contributed by atoms with van der Waals surface area (Å²) in [5, 5.41) is 2.76. The van der Waals surface area contributed by atoms with Gasteiger partial charge in [-0.25, -0.2) is 9.78 Å². The van der Waals surface area contributed by atoms with Gasteiger partial charge in [0, 0.05) is 19.0 Å². The van der Waals surface area contributed by atoms with Crippen molar-refractivity contribution in [1.82, 2.24) is 20.1 Å². The highest BCUT2D eigenvalue weighted by atomic mass is 16.3. The van der Waals surface area contributed by atoms with Gasteiger partial charge in [-0.3, -0.25) is 14.5 Å². The Kier molecular flexibility index (Phi) is 5.15. The van der Waals surface area contributed by atoms with Gasteiger partial charge in [0.2, 0.25) is 5.91 Å². The molecule has 1 unspecified atom stereocenters. The Balaban J connectivity index is 1.22. The fraction of sp³-hybridized carbons (Fsp3) is 0.360. The fourth-order valence-corrected chi connectivity index (χ4v) is 4.60. The van der Waals surface area contributed by atoms with Gasteiger partial charge in [-0.05, 0) is 44.4 Å². The molecule has 4 amide bonds. The molecule has 8 nitrogen and oxygen atoms in total. The number of nitrogens with zero attached hydrogens (tertiary/aromatic N) is 3. The summed E-state index contributed by atoms with van der Waals surface area (Å²) in [7, 11) is 0. The van der Waals surface area contributed by atoms with Crippen LogP contribution >= 0.6 is 0 Å². The highest BCUT2D eigenvalue weighted by Gasteiger charge is 2.49. The second-order valence-electron chi connectivity index (χ2n) is 8.99. The van der Waals surface area contributed by atoms with Gasteiger partial charge in [0.1, 0.15) is 17.6 Å². The minimum atomic E-state index is -1.18. The number of piperidine rings is 1. The number of carbonyl (C=O) groups excluding carboxylic acids is 3. The van der Waals surface area contributed by atoms with Crippen LogP contribution in [0.2, 0.25) is 0 Å². The largest absolute Gasteiger partial charge is 0.440 e. The molecular weight excluding hydrogens is 420 g/mol. The summed E-state index contributed by atoms with van der Waals surface area (Å²) in [4.78, 5) is 45.9. The van der Waals surface area contributed by atoms with Crippen molar-refractivity contribution in [2.45, 2.75) is 38.1 Å². The molecule has 2 aliphatic heterocycles. The molecule has 8 heteroatoms. The minimum absolute atomic E-state index is 0.142. The second-order valence-corrected chi connectivity index (χ2v) is 8.99. The zero-order valence-corrected chi connectivity index (χ0v) is 18.7. The van der Waals surface area contributed by atoms with Gasteiger partial charge >= 0.3 is 6.03 Å². The van der Waals surface area contributed by atoms with E-state index in [9.17, 15) is 14.4 Å². The van der Waals surface area contributed by atoms with Gasteiger partial charge in [-0.1, -0.05) is 42.0 Å². The Morgan fingerprint density at radius 3 is 2.52 bits per heavy atom. The lowest BCUT2D eigenvalue weighted by molar-refractivity contribution is -0.139. The van der Waals surface area contributed by atoms with Crippen LogP contribution in [-0.4, -0.2) is 52.3 Å². The highest BCUT2D eigenvalue weighted by molar-refractivity contribution is 6.09. The van der Waals surface area contributed by atoms with E-state index in [-0.39, 0.29) is 18.4 Å². The predicted molar refractivity (Wildman–Crippen MR) is 121 cm³/mol. The third kappa shape index (κ3) is 3.75. The number of likely N-dealkylation sites (tertiary alicyclic amines) is 1. The molecule has 2 fully saturated rings. The van der Waals surface area contributed by atoms with E-state index in [2.05, 4.69) is 10.3 Å². The molecule has 2 saturated heterocycles. The molecule has 3 aromatic rings. The minimum Gasteiger partial charge on any atom is -0.440 e. The van der Waals surface area contributed by atoms with Crippen molar-refractivity contribution in [2.75, 3.05) is 19.6 Å². The lowest BCUT2D eigenvalue weighted by Gasteiger charge is -2.31. The third-order valence-electron chi connectivity index (χ3n) is 6.70. The van der Waals surface area contributed by atoms with Gasteiger partial charge < -0.3 is 14.6 Å². The molecule has 2 aliphatic rings. The van der Waals surface area contributed by atoms with Gasteiger partial charge in [0.15, 0.2) is 11.5 Å². The molecule has 33 heavy (non-hydrogen) atoms. The van der Waals surface area contributed by atoms with Crippen molar-refractivity contribution in [1.29, 1.82) is 0 Å². The zero-order valence-electron chi connectivity index (χ0n) is 18.7. The summed E-state index contributed by atoms with van der Waals surface area (Å²) < 4.78 is 5.89. The SMILES string of the molecule is Cc1ccc(C2(C)NC(=O)N(CC(=O)N3CCC(c4nc5ccccc5o4)CC3)C2=O)cc1. The first-order chi connectivity index (χ1) is 15.8. The van der Waals surface area contributed by atoms with Crippen LogP contribution < -0.4 is 5.32 Å². The molecule has 1 atom stereocenters. The summed E-state index contributed by atoms with van der Waals surface area (Å²) in [5.41, 5.74) is 2.18. The molecule has 0 spiro atoms. The number of imide groups is 1. The predicted octanol–water partition coefficient (Wildman–Crippen LogP) is 3.31. The van der Waals surface area contributed by atoms with Crippen molar-refractivity contribution in [2.24, 2.45) is 0 Å². The Bertz CT molecular complexity index is 1190. The first-order valence-electron chi connectivity index (χ1n) is 11.2. The van der Waals surface area contributed by atoms with Crippen molar-refractivity contribution >= 4 is 28.9 Å². The monoisotopic (exact) mass is 446 g/mol. The molecule has 1 aromatic heterocycles. The van der Waals surface area contributed by atoms with Gasteiger partial charge in [0.25, 0.3) is 5.91 Å². The first kappa shape index (κ1) is 21.2. The Morgan fingerprint density at radius 1 is 1.12 bits per heavy atom. The van der Waals surface area contributed by atoms with Crippen LogP contribution in [0.3, 0.4) is 0 Å². The molecule has 2 aromatic carbocycles. The number of rotatable bonds is 4. The number of carbonyl (C=O) groups is 3. The number of urea groups is 1. The number of hydrogen-bond acceptors (Lipinski definition) is 5. The van der Waals surface area contributed by atoms with Crippen LogP contribution in [0.4, 0.5) is 4.79 Å². The van der Waals surface area contributed by atoms with Crippen molar-refractivity contribution in [3.63, 3.8) is 0 Å². The lowest BCUT2D eigenvalue weighted by Crippen LogP contribution is -2.46. The average molecular weight is 447 g/mol. The number of para-hydroxylation sites is 2. The summed E-state index contributed by atoms with van der Waals surface area (Å²) >= 11 is 0. The van der Waals surface area contributed by atoms with E-state index in [4.69, 9.17) is 4.42 Å². The van der Waals surface area contributed by atoms with Crippen LogP contribution in [0.1, 0.15) is 42.7 Å². The number of benzene rings is 2. The number of amides is 4. The van der Waals surface area contributed by atoms with E-state index in [1.807, 2.05) is 55.5 Å². The van der Waals surface area contributed by atoms with E-state index < -0.39 is 17.5 Å². The van der Waals surface area contributed by atoms with E-state index in [0.717, 1.165) is 34.4 Å². The molecule has 3 heterocycles. The summed E-state index contributed by atoms with van der Waals surface area (Å²) in [6.07, 6.45) is 1.44. The second kappa shape index (κ2) is 8.03. The highest BCUT2D eigenvalue weighted by Crippen LogP contribution is 2.31. The third-order valence-corrected chi connectivity index (χ3v) is 6.70. The lowest BCUT2D eigenvalue weighted by atomic mass is 9.91. The van der Waals surface area contributed by atoms with Crippen LogP contribution in [0.25, 0.3) is 11.1 Å². The molecule has 0 saturated carbocycles. The van der Waals surface area contributed by atoms with Gasteiger partial charge in [-0.15, -0.1) is 0 Å². The molecule has 0 aliphatic carbocycles. The van der Waals surface area contributed by atoms with Crippen LogP contribution in [0.15, 0.2) is 52.9 Å². The molecule has 5 rings (SSSR count). The van der Waals surface area contributed by atoms with Crippen LogP contribution in [0.5, 0.6) is 0 Å². The van der Waals surface area contributed by atoms with E-state index in [1.165, 1.54) is 0 Å². The molecule has 0 bridgehead atoms. The van der Waals surface area contributed by atoms with Crippen LogP contribution in [-0.2, 0) is 15.1 Å². The maximum atomic E-state index is 13.1. The van der Waals surface area contributed by atoms with Gasteiger partial charge in [0.05, 0.1) is 0 Å². The fourth-order valence-electron chi connectivity index (χ4n) is 4.60. The average Bonchev–Trinajstić information content (AvgIpc) is 3.35. The number of nitrogens with one attached hydrogen (secondary N) is 1. The Morgan fingerprint density at radius 2 is 1.82 bits per heavy atom. The molecule has 1 N–H and O–H groups in total. The quantitative estimate of drug-likeness (QED) is 0.621. The topological polar surface area (TPSA) is 95.8 Å². The smallest absolute Gasteiger partial charge is 0.325 e. The summed E-state index contributed by atoms with van der Waals surface area (Å²) in [6.45, 7) is 4.43. The first-order valence-corrected chi connectivity index (χ1v) is 11.2. The van der Waals surface area contributed by atoms with E-state index in [1.54, 1.807) is 11.8 Å². The van der Waals surface area contributed by atoms with E-state index >= 15 is 0 Å².